The van der Waals surface area contributed by atoms with E-state index in [1.807, 2.05) is 45.2 Å². The Morgan fingerprint density at radius 2 is 2.19 bits per heavy atom. The highest BCUT2D eigenvalue weighted by Crippen LogP contribution is 2.31. The Morgan fingerprint density at radius 1 is 1.39 bits per heavy atom. The number of nitro benzene ring substituents is 1. The number of nitrogens with zero attached hydrogens (tertiary/aromatic N) is 4. The molecule has 4 rings (SSSR count). The molecule has 9 nitrogen and oxygen atoms in total. The number of carbonyl (C=O) groups is 1. The van der Waals surface area contributed by atoms with E-state index < -0.39 is 5.41 Å². The third kappa shape index (κ3) is 4.63. The number of aromatic nitrogens is 3. The predicted octanol–water partition coefficient (Wildman–Crippen LogP) is 3.77. The van der Waals surface area contributed by atoms with Crippen LogP contribution in [0.3, 0.4) is 0 Å². The maximum absolute atomic E-state index is 12.0. The number of rotatable bonds is 6. The van der Waals surface area contributed by atoms with Gasteiger partial charge in [-0.2, -0.15) is 5.10 Å². The summed E-state index contributed by atoms with van der Waals surface area (Å²) in [5, 5.41) is 17.3. The lowest BCUT2D eigenvalue weighted by Crippen LogP contribution is -2.26. The first-order valence-electron chi connectivity index (χ1n) is 9.86. The van der Waals surface area contributed by atoms with Crippen LogP contribution in [0.15, 0.2) is 41.7 Å². The van der Waals surface area contributed by atoms with Crippen LogP contribution in [0.5, 0.6) is 0 Å². The van der Waals surface area contributed by atoms with E-state index in [9.17, 15) is 14.9 Å². The van der Waals surface area contributed by atoms with Gasteiger partial charge in [0, 0.05) is 29.6 Å². The van der Waals surface area contributed by atoms with Crippen LogP contribution in [-0.2, 0) is 16.1 Å². The van der Waals surface area contributed by atoms with E-state index in [2.05, 4.69) is 15.1 Å². The Morgan fingerprint density at radius 3 is 2.87 bits per heavy atom. The van der Waals surface area contributed by atoms with Gasteiger partial charge in [-0.15, -0.1) is 11.8 Å². The highest BCUT2D eigenvalue weighted by molar-refractivity contribution is 8.14. The van der Waals surface area contributed by atoms with Crippen LogP contribution in [0.2, 0.25) is 0 Å². The second-order valence-corrected chi connectivity index (χ2v) is 9.48. The fourth-order valence-electron chi connectivity index (χ4n) is 3.25. The Labute approximate surface area is 183 Å². The molecular weight excluding hydrogens is 418 g/mol. The average Bonchev–Trinajstić information content (AvgIpc) is 3.44. The van der Waals surface area contributed by atoms with Crippen LogP contribution in [0.4, 0.5) is 5.69 Å². The van der Waals surface area contributed by atoms with Gasteiger partial charge in [0.15, 0.2) is 0 Å². The summed E-state index contributed by atoms with van der Waals surface area (Å²) in [5.74, 6) is 0.432. The van der Waals surface area contributed by atoms with E-state index in [-0.39, 0.29) is 29.2 Å². The predicted molar refractivity (Wildman–Crippen MR) is 119 cm³/mol. The van der Waals surface area contributed by atoms with E-state index in [1.54, 1.807) is 28.7 Å². The molecule has 31 heavy (non-hydrogen) atoms. The quantitative estimate of drug-likeness (QED) is 0.354. The summed E-state index contributed by atoms with van der Waals surface area (Å²) in [6, 6.07) is 7.05. The summed E-state index contributed by atoms with van der Waals surface area (Å²) in [4.78, 5) is 31.1. The van der Waals surface area contributed by atoms with E-state index in [0.717, 1.165) is 21.7 Å². The molecule has 0 aliphatic carbocycles. The van der Waals surface area contributed by atoms with Crippen LogP contribution < -0.4 is 0 Å². The minimum absolute atomic E-state index is 0.0187. The number of fused-ring (bicyclic) bond motifs is 1. The highest BCUT2D eigenvalue weighted by Gasteiger charge is 2.27. The molecule has 3 heterocycles. The molecule has 1 atom stereocenters. The second kappa shape index (κ2) is 8.18. The summed E-state index contributed by atoms with van der Waals surface area (Å²) in [6.07, 6.45) is 3.49. The molecule has 1 N–H and O–H groups in total. The molecule has 0 unspecified atom stereocenters. The van der Waals surface area contributed by atoms with Crippen LogP contribution in [0, 0.1) is 15.5 Å². The molecule has 0 bridgehead atoms. The Bertz CT molecular complexity index is 1160. The van der Waals surface area contributed by atoms with Crippen LogP contribution in [-0.4, -0.2) is 49.1 Å². The smallest absolute Gasteiger partial charge is 0.311 e. The number of esters is 1. The Hall–Kier alpha value is -3.14. The number of thioether (sulfide) groups is 1. The largest absolute Gasteiger partial charge is 0.463 e. The topological polar surface area (TPSA) is 115 Å². The highest BCUT2D eigenvalue weighted by atomic mass is 32.2. The van der Waals surface area contributed by atoms with E-state index in [0.29, 0.717) is 17.8 Å². The monoisotopic (exact) mass is 441 g/mol. The first kappa shape index (κ1) is 21.1. The standard InChI is InChI=1S/C21H23N5O4S/c1-21(2,3)20(27)30-11-15-12-31-19(23-15)16-9-14-7-13(10-25-6-4-5-22-25)8-17(26(28)29)18(14)24-16/h4-9,15,24H,10-12H2,1-3H3/t15-/m1/s1. The average molecular weight is 442 g/mol. The number of ether oxygens (including phenoxy) is 1. The first-order chi connectivity index (χ1) is 14.7. The first-order valence-corrected chi connectivity index (χ1v) is 10.8. The molecule has 1 aliphatic rings. The number of hydrogen-bond acceptors (Lipinski definition) is 7. The van der Waals surface area contributed by atoms with E-state index in [4.69, 9.17) is 4.74 Å². The number of hydrogen-bond donors (Lipinski definition) is 1. The SMILES string of the molecule is CC(C)(C)C(=O)OC[C@@H]1CSC(c2cc3cc(Cn4cccn4)cc([N+](=O)[O-])c3[nH]2)=N1. The van der Waals surface area contributed by atoms with Crippen molar-refractivity contribution < 1.29 is 14.5 Å². The molecule has 0 spiro atoms. The fraction of sp³-hybridized carbons (Fsp3) is 0.381. The van der Waals surface area contributed by atoms with Crippen LogP contribution in [0.1, 0.15) is 32.0 Å². The molecule has 0 fully saturated rings. The molecule has 2 aromatic heterocycles. The van der Waals surface area contributed by atoms with Crippen molar-refractivity contribution in [3.05, 3.63) is 58.0 Å². The van der Waals surface area contributed by atoms with Gasteiger partial charge in [0.25, 0.3) is 5.69 Å². The molecule has 0 amide bonds. The number of nitrogens with one attached hydrogen (secondary N) is 1. The molecule has 0 saturated carbocycles. The summed E-state index contributed by atoms with van der Waals surface area (Å²) in [5.41, 5.74) is 1.45. The number of H-pyrrole nitrogens is 1. The van der Waals surface area contributed by atoms with Gasteiger partial charge in [-0.05, 0) is 44.5 Å². The maximum atomic E-state index is 12.0. The van der Waals surface area contributed by atoms with Gasteiger partial charge in [0.2, 0.25) is 0 Å². The second-order valence-electron chi connectivity index (χ2n) is 8.47. The Balaban J connectivity index is 1.58. The van der Waals surface area contributed by atoms with Crippen LogP contribution in [0.25, 0.3) is 10.9 Å². The summed E-state index contributed by atoms with van der Waals surface area (Å²) in [7, 11) is 0. The van der Waals surface area contributed by atoms with Gasteiger partial charge >= 0.3 is 5.97 Å². The van der Waals surface area contributed by atoms with Gasteiger partial charge in [0.1, 0.15) is 17.2 Å². The maximum Gasteiger partial charge on any atom is 0.311 e. The summed E-state index contributed by atoms with van der Waals surface area (Å²) in [6.45, 7) is 6.10. The summed E-state index contributed by atoms with van der Waals surface area (Å²) < 4.78 is 7.10. The zero-order chi connectivity index (χ0) is 22.2. The number of nitro groups is 1. The molecule has 1 aliphatic heterocycles. The lowest BCUT2D eigenvalue weighted by molar-refractivity contribution is -0.383. The van der Waals surface area contributed by atoms with Gasteiger partial charge in [0.05, 0.1) is 28.6 Å². The van der Waals surface area contributed by atoms with Crippen molar-refractivity contribution in [2.45, 2.75) is 33.4 Å². The van der Waals surface area contributed by atoms with Crippen molar-refractivity contribution in [3.63, 3.8) is 0 Å². The Kier molecular flexibility index (Phi) is 5.57. The molecule has 162 valence electrons. The van der Waals surface area contributed by atoms with Crippen molar-refractivity contribution >= 4 is 39.4 Å². The molecule has 3 aromatic rings. The number of benzene rings is 1. The summed E-state index contributed by atoms with van der Waals surface area (Å²) >= 11 is 1.54. The molecular formula is C21H23N5O4S. The molecule has 1 aromatic carbocycles. The molecule has 0 saturated heterocycles. The molecule has 0 radical (unpaired) electrons. The number of aromatic amines is 1. The van der Waals surface area contributed by atoms with Gasteiger partial charge in [-0.25, -0.2) is 0 Å². The van der Waals surface area contributed by atoms with E-state index in [1.165, 1.54) is 0 Å². The van der Waals surface area contributed by atoms with Crippen molar-refractivity contribution in [1.82, 2.24) is 14.8 Å². The van der Waals surface area contributed by atoms with Gasteiger partial charge < -0.3 is 9.72 Å². The molecule has 10 heteroatoms. The lowest BCUT2D eigenvalue weighted by Gasteiger charge is -2.17. The zero-order valence-corrected chi connectivity index (χ0v) is 18.3. The van der Waals surface area contributed by atoms with Gasteiger partial charge in [-0.1, -0.05) is 0 Å². The fourth-order valence-corrected chi connectivity index (χ4v) is 4.26. The van der Waals surface area contributed by atoms with Gasteiger partial charge in [-0.3, -0.25) is 24.6 Å². The zero-order valence-electron chi connectivity index (χ0n) is 17.5. The minimum atomic E-state index is -0.553. The van der Waals surface area contributed by atoms with Crippen molar-refractivity contribution in [3.8, 4) is 0 Å². The van der Waals surface area contributed by atoms with Crippen molar-refractivity contribution in [1.29, 1.82) is 0 Å². The normalized spacial score (nSPS) is 16.5. The number of aliphatic imine (C=N–C) groups is 1. The third-order valence-corrected chi connectivity index (χ3v) is 5.98. The number of carbonyl (C=O) groups excluding carboxylic acids is 1. The van der Waals surface area contributed by atoms with Crippen molar-refractivity contribution in [2.24, 2.45) is 10.4 Å². The van der Waals surface area contributed by atoms with E-state index >= 15 is 0 Å². The van der Waals surface area contributed by atoms with Crippen LogP contribution >= 0.6 is 11.8 Å². The third-order valence-electron chi connectivity index (χ3n) is 4.83. The minimum Gasteiger partial charge on any atom is -0.463 e. The number of non-ortho nitro benzene ring substituents is 1. The lowest BCUT2D eigenvalue weighted by atomic mass is 9.97. The van der Waals surface area contributed by atoms with Crippen molar-refractivity contribution in [2.75, 3.05) is 12.4 Å².